The third-order valence-corrected chi connectivity index (χ3v) is 5.56. The van der Waals surface area contributed by atoms with Crippen molar-refractivity contribution in [3.63, 3.8) is 0 Å². The first-order valence-corrected chi connectivity index (χ1v) is 10.4. The first-order valence-electron chi connectivity index (χ1n) is 10.4. The van der Waals surface area contributed by atoms with Crippen molar-refractivity contribution in [3.05, 3.63) is 35.6 Å². The molecule has 4 rings (SSSR count). The molecule has 2 unspecified atom stereocenters. The number of morpholine rings is 1. The number of amides is 1. The number of aromatic nitrogens is 1. The normalized spacial score (nSPS) is 22.8. The van der Waals surface area contributed by atoms with Crippen LogP contribution in [0.2, 0.25) is 0 Å². The van der Waals surface area contributed by atoms with Crippen LogP contribution in [0.3, 0.4) is 0 Å². The predicted octanol–water partition coefficient (Wildman–Crippen LogP) is 3.40. The minimum Gasteiger partial charge on any atom is -0.490 e. The second-order valence-electron chi connectivity index (χ2n) is 8.05. The maximum Gasteiger partial charge on any atom is 0.292 e. The van der Waals surface area contributed by atoms with Crippen LogP contribution in [0.1, 0.15) is 55.6 Å². The van der Waals surface area contributed by atoms with Gasteiger partial charge in [0.25, 0.3) is 5.91 Å². The van der Waals surface area contributed by atoms with Crippen molar-refractivity contribution in [2.75, 3.05) is 13.1 Å². The number of carbonyl (C=O) groups excluding carboxylic acids is 1. The number of benzene rings is 1. The van der Waals surface area contributed by atoms with Crippen molar-refractivity contribution in [1.29, 1.82) is 0 Å². The molecule has 1 aromatic carbocycles. The van der Waals surface area contributed by atoms with Gasteiger partial charge in [0.1, 0.15) is 11.4 Å². The summed E-state index contributed by atoms with van der Waals surface area (Å²) >= 11 is 0. The van der Waals surface area contributed by atoms with E-state index in [1.165, 1.54) is 12.8 Å². The number of aliphatic hydroxyl groups excluding tert-OH is 1. The standard InChI is InChI=1S/C22H28N2O5/c1-14-11-24(12-15(2)27-14)22(26)21-10-19(23-29-21)16-7-8-17(13-25)20(9-16)28-18-5-3-4-6-18/h7-10,14-15,18,25H,3-6,11-13H2,1-2H3. The zero-order chi connectivity index (χ0) is 20.4. The highest BCUT2D eigenvalue weighted by Crippen LogP contribution is 2.31. The third kappa shape index (κ3) is 4.46. The molecule has 1 saturated carbocycles. The summed E-state index contributed by atoms with van der Waals surface area (Å²) < 4.78 is 17.2. The summed E-state index contributed by atoms with van der Waals surface area (Å²) in [5, 5.41) is 13.7. The minimum absolute atomic E-state index is 0.00795. The largest absolute Gasteiger partial charge is 0.490 e. The summed E-state index contributed by atoms with van der Waals surface area (Å²) in [6, 6.07) is 7.23. The molecule has 1 aliphatic carbocycles. The van der Waals surface area contributed by atoms with E-state index in [2.05, 4.69) is 5.16 Å². The number of nitrogens with zero attached hydrogens (tertiary/aromatic N) is 2. The van der Waals surface area contributed by atoms with Gasteiger partial charge in [0.15, 0.2) is 0 Å². The van der Waals surface area contributed by atoms with Crippen molar-refractivity contribution in [1.82, 2.24) is 10.1 Å². The van der Waals surface area contributed by atoms with Gasteiger partial charge in [-0.2, -0.15) is 0 Å². The molecule has 0 radical (unpaired) electrons. The first kappa shape index (κ1) is 19.9. The van der Waals surface area contributed by atoms with Crippen LogP contribution in [0.4, 0.5) is 0 Å². The Balaban J connectivity index is 1.53. The number of aliphatic hydroxyl groups is 1. The van der Waals surface area contributed by atoms with Gasteiger partial charge in [0, 0.05) is 30.3 Å². The lowest BCUT2D eigenvalue weighted by molar-refractivity contribution is -0.0593. The number of hydrogen-bond donors (Lipinski definition) is 1. The van der Waals surface area contributed by atoms with E-state index < -0.39 is 0 Å². The maximum absolute atomic E-state index is 12.8. The summed E-state index contributed by atoms with van der Waals surface area (Å²) in [4.78, 5) is 14.6. The molecule has 2 aromatic rings. The highest BCUT2D eigenvalue weighted by Gasteiger charge is 2.29. The van der Waals surface area contributed by atoms with Crippen LogP contribution in [0.15, 0.2) is 28.8 Å². The van der Waals surface area contributed by atoms with Gasteiger partial charge in [-0.15, -0.1) is 0 Å². The lowest BCUT2D eigenvalue weighted by Crippen LogP contribution is -2.48. The Morgan fingerprint density at radius 2 is 1.93 bits per heavy atom. The van der Waals surface area contributed by atoms with Crippen LogP contribution >= 0.6 is 0 Å². The molecule has 1 N–H and O–H groups in total. The van der Waals surface area contributed by atoms with Gasteiger partial charge in [0.05, 0.1) is 24.9 Å². The van der Waals surface area contributed by atoms with E-state index in [1.807, 2.05) is 32.0 Å². The average molecular weight is 400 g/mol. The fourth-order valence-electron chi connectivity index (χ4n) is 4.15. The Morgan fingerprint density at radius 3 is 2.62 bits per heavy atom. The van der Waals surface area contributed by atoms with E-state index in [0.717, 1.165) is 24.0 Å². The van der Waals surface area contributed by atoms with Crippen molar-refractivity contribution < 1.29 is 23.9 Å². The van der Waals surface area contributed by atoms with Gasteiger partial charge in [0.2, 0.25) is 5.76 Å². The van der Waals surface area contributed by atoms with Crippen molar-refractivity contribution in [2.24, 2.45) is 0 Å². The molecule has 156 valence electrons. The highest BCUT2D eigenvalue weighted by molar-refractivity contribution is 5.92. The van der Waals surface area contributed by atoms with E-state index in [9.17, 15) is 9.90 Å². The van der Waals surface area contributed by atoms with Crippen LogP contribution in [-0.4, -0.2) is 52.5 Å². The van der Waals surface area contributed by atoms with Crippen LogP contribution in [0, 0.1) is 0 Å². The molecule has 1 amide bonds. The summed E-state index contributed by atoms with van der Waals surface area (Å²) in [7, 11) is 0. The maximum atomic E-state index is 12.8. The molecule has 0 spiro atoms. The zero-order valence-electron chi connectivity index (χ0n) is 17.0. The van der Waals surface area contributed by atoms with Crippen molar-refractivity contribution in [2.45, 2.75) is 64.4 Å². The Morgan fingerprint density at radius 1 is 1.21 bits per heavy atom. The summed E-state index contributed by atoms with van der Waals surface area (Å²) in [6.07, 6.45) is 4.59. The fraction of sp³-hybridized carbons (Fsp3) is 0.545. The SMILES string of the molecule is CC1CN(C(=O)c2cc(-c3ccc(CO)c(OC4CCCC4)c3)no2)CC(C)O1. The summed E-state index contributed by atoms with van der Waals surface area (Å²) in [5.41, 5.74) is 2.11. The van der Waals surface area contributed by atoms with E-state index in [4.69, 9.17) is 14.0 Å². The Labute approximate surface area is 170 Å². The lowest BCUT2D eigenvalue weighted by Gasteiger charge is -2.34. The van der Waals surface area contributed by atoms with Crippen LogP contribution < -0.4 is 4.74 Å². The minimum atomic E-state index is -0.180. The van der Waals surface area contributed by atoms with Crippen LogP contribution in [0.5, 0.6) is 5.75 Å². The van der Waals surface area contributed by atoms with Crippen LogP contribution in [0.25, 0.3) is 11.3 Å². The molecular weight excluding hydrogens is 372 g/mol. The van der Waals surface area contributed by atoms with Gasteiger partial charge < -0.3 is 24.0 Å². The molecule has 1 aromatic heterocycles. The summed E-state index contributed by atoms with van der Waals surface area (Å²) in [5.74, 6) is 0.703. The van der Waals surface area contributed by atoms with E-state index >= 15 is 0 Å². The first-order chi connectivity index (χ1) is 14.0. The Kier molecular flexibility index (Phi) is 5.87. The second-order valence-corrected chi connectivity index (χ2v) is 8.05. The fourth-order valence-corrected chi connectivity index (χ4v) is 4.15. The second kappa shape index (κ2) is 8.55. The molecule has 29 heavy (non-hydrogen) atoms. The molecule has 2 aliphatic rings. The molecule has 1 saturated heterocycles. The molecule has 0 bridgehead atoms. The highest BCUT2D eigenvalue weighted by atomic mass is 16.5. The zero-order valence-corrected chi connectivity index (χ0v) is 17.0. The van der Waals surface area contributed by atoms with Gasteiger partial charge in [-0.1, -0.05) is 17.3 Å². The number of hydrogen-bond acceptors (Lipinski definition) is 6. The number of ether oxygens (including phenoxy) is 2. The van der Waals surface area contributed by atoms with Gasteiger partial charge in [-0.05, 0) is 45.6 Å². The molecule has 7 nitrogen and oxygen atoms in total. The van der Waals surface area contributed by atoms with Crippen LogP contribution in [-0.2, 0) is 11.3 Å². The van der Waals surface area contributed by atoms with E-state index in [-0.39, 0.29) is 36.6 Å². The molecule has 7 heteroatoms. The Hall–Kier alpha value is -2.38. The number of rotatable bonds is 5. The molecule has 2 fully saturated rings. The van der Waals surface area contributed by atoms with E-state index in [1.54, 1.807) is 11.0 Å². The average Bonchev–Trinajstić information content (AvgIpc) is 3.39. The van der Waals surface area contributed by atoms with Gasteiger partial charge in [-0.25, -0.2) is 0 Å². The summed E-state index contributed by atoms with van der Waals surface area (Å²) in [6.45, 7) is 4.89. The molecule has 2 atom stereocenters. The molecule has 1 aliphatic heterocycles. The number of carbonyl (C=O) groups is 1. The Bertz CT molecular complexity index is 849. The topological polar surface area (TPSA) is 85.0 Å². The monoisotopic (exact) mass is 400 g/mol. The van der Waals surface area contributed by atoms with E-state index in [0.29, 0.717) is 24.5 Å². The smallest absolute Gasteiger partial charge is 0.292 e. The van der Waals surface area contributed by atoms with Crippen molar-refractivity contribution >= 4 is 5.91 Å². The molecular formula is C22H28N2O5. The lowest BCUT2D eigenvalue weighted by atomic mass is 10.1. The molecule has 2 heterocycles. The third-order valence-electron chi connectivity index (χ3n) is 5.56. The predicted molar refractivity (Wildman–Crippen MR) is 107 cm³/mol. The van der Waals surface area contributed by atoms with Crippen molar-refractivity contribution in [3.8, 4) is 17.0 Å². The quantitative estimate of drug-likeness (QED) is 0.828. The van der Waals surface area contributed by atoms with Gasteiger partial charge >= 0.3 is 0 Å². The van der Waals surface area contributed by atoms with Gasteiger partial charge in [-0.3, -0.25) is 4.79 Å².